The fraction of sp³-hybridized carbons (Fsp3) is 0.444. The van der Waals surface area contributed by atoms with Gasteiger partial charge in [0.25, 0.3) is 0 Å². The number of carboxylic acids is 1. The first-order valence-electron chi connectivity index (χ1n) is 4.16. The second-order valence-electron chi connectivity index (χ2n) is 3.21. The number of rotatable bonds is 3. The molecule has 0 radical (unpaired) electrons. The third kappa shape index (κ3) is 1.81. The third-order valence-electron chi connectivity index (χ3n) is 2.13. The molecule has 0 bridgehead atoms. The number of ketones is 1. The van der Waals surface area contributed by atoms with E-state index >= 15 is 0 Å². The molecule has 1 amide bonds. The van der Waals surface area contributed by atoms with Gasteiger partial charge in [-0.15, -0.1) is 0 Å². The molecule has 1 heterocycles. The molecule has 0 aromatic heterocycles. The molecule has 0 aromatic carbocycles. The monoisotopic (exact) mass is 196 g/mol. The van der Waals surface area contributed by atoms with Crippen LogP contribution in [0, 0.1) is 5.92 Å². The molecule has 1 aliphatic rings. The molecule has 14 heavy (non-hydrogen) atoms. The van der Waals surface area contributed by atoms with Crippen LogP contribution in [0.2, 0.25) is 0 Å². The van der Waals surface area contributed by atoms with E-state index in [1.54, 1.807) is 6.92 Å². The molecule has 0 saturated carbocycles. The minimum Gasteiger partial charge on any atom is -0.550 e. The van der Waals surface area contributed by atoms with Gasteiger partial charge in [0.15, 0.2) is 5.78 Å². The summed E-state index contributed by atoms with van der Waals surface area (Å²) < 4.78 is 0. The van der Waals surface area contributed by atoms with Crippen LogP contribution in [0.5, 0.6) is 0 Å². The average Bonchev–Trinajstić information content (AvgIpc) is 2.25. The molecule has 0 unspecified atom stereocenters. The Labute approximate surface area is 80.8 Å². The summed E-state index contributed by atoms with van der Waals surface area (Å²) in [5, 5.41) is 12.8. The molecule has 0 saturated heterocycles. The van der Waals surface area contributed by atoms with Crippen LogP contribution in [0.3, 0.4) is 0 Å². The van der Waals surface area contributed by atoms with Crippen LogP contribution in [-0.4, -0.2) is 17.7 Å². The highest BCUT2D eigenvalue weighted by Gasteiger charge is 2.33. The quantitative estimate of drug-likeness (QED) is 0.610. The molecule has 1 rings (SSSR count). The molecular formula is C9H10NO4-. The van der Waals surface area contributed by atoms with Gasteiger partial charge in [0.1, 0.15) is 0 Å². The van der Waals surface area contributed by atoms with E-state index in [2.05, 4.69) is 5.32 Å². The number of carboxylic acid groups (broad SMARTS) is 1. The molecule has 5 heteroatoms. The van der Waals surface area contributed by atoms with Crippen molar-refractivity contribution in [3.8, 4) is 0 Å². The Morgan fingerprint density at radius 1 is 1.50 bits per heavy atom. The standard InChI is InChI=1S/C9H11NO4/c1-4-8(5(2)11)6(3-7(12)13)9(14)10-4/h6H,3H2,1-2H3,(H,10,14)(H,12,13)/p-1/t6-/m1/s1. The molecule has 0 aliphatic carbocycles. The number of hydrogen-bond donors (Lipinski definition) is 1. The van der Waals surface area contributed by atoms with Gasteiger partial charge in [-0.3, -0.25) is 9.59 Å². The minimum atomic E-state index is -1.33. The number of hydrogen-bond acceptors (Lipinski definition) is 4. The van der Waals surface area contributed by atoms with Gasteiger partial charge >= 0.3 is 0 Å². The van der Waals surface area contributed by atoms with E-state index in [0.717, 1.165) is 0 Å². The van der Waals surface area contributed by atoms with E-state index in [4.69, 9.17) is 0 Å². The fourth-order valence-corrected chi connectivity index (χ4v) is 1.60. The van der Waals surface area contributed by atoms with E-state index < -0.39 is 24.2 Å². The molecule has 0 aromatic rings. The van der Waals surface area contributed by atoms with Crippen LogP contribution in [0.15, 0.2) is 11.3 Å². The third-order valence-corrected chi connectivity index (χ3v) is 2.13. The van der Waals surface area contributed by atoms with E-state index in [-0.39, 0.29) is 11.4 Å². The van der Waals surface area contributed by atoms with Crippen LogP contribution in [-0.2, 0) is 14.4 Å². The minimum absolute atomic E-state index is 0.249. The van der Waals surface area contributed by atoms with Gasteiger partial charge in [-0.2, -0.15) is 0 Å². The van der Waals surface area contributed by atoms with Crippen molar-refractivity contribution in [3.05, 3.63) is 11.3 Å². The summed E-state index contributed by atoms with van der Waals surface area (Å²) in [6.45, 7) is 2.88. The molecule has 1 N–H and O–H groups in total. The topological polar surface area (TPSA) is 86.3 Å². The number of carbonyl (C=O) groups is 3. The van der Waals surface area contributed by atoms with Gasteiger partial charge in [-0.25, -0.2) is 0 Å². The van der Waals surface area contributed by atoms with Crippen LogP contribution in [0.4, 0.5) is 0 Å². The maximum absolute atomic E-state index is 11.2. The number of Topliss-reactive ketones (excluding diaryl/α,β-unsaturated/α-hetero) is 1. The van der Waals surface area contributed by atoms with Gasteiger partial charge in [-0.05, 0) is 13.8 Å². The fourth-order valence-electron chi connectivity index (χ4n) is 1.60. The van der Waals surface area contributed by atoms with Crippen molar-refractivity contribution in [2.45, 2.75) is 20.3 Å². The maximum Gasteiger partial charge on any atom is 0.232 e. The molecule has 0 spiro atoms. The highest BCUT2D eigenvalue weighted by Crippen LogP contribution is 2.24. The van der Waals surface area contributed by atoms with Crippen molar-refractivity contribution >= 4 is 17.7 Å². The Morgan fingerprint density at radius 2 is 2.07 bits per heavy atom. The van der Waals surface area contributed by atoms with E-state index in [1.807, 2.05) is 0 Å². The Bertz CT molecular complexity index is 343. The first kappa shape index (κ1) is 10.4. The SMILES string of the molecule is CC(=O)C1=C(C)NC(=O)[C@@H]1CC(=O)[O-]. The van der Waals surface area contributed by atoms with Crippen LogP contribution in [0.1, 0.15) is 20.3 Å². The lowest BCUT2D eigenvalue weighted by Gasteiger charge is -2.10. The van der Waals surface area contributed by atoms with Crippen molar-refractivity contribution in [3.63, 3.8) is 0 Å². The molecule has 5 nitrogen and oxygen atoms in total. The highest BCUT2D eigenvalue weighted by molar-refractivity contribution is 6.05. The van der Waals surface area contributed by atoms with Gasteiger partial charge in [0, 0.05) is 23.7 Å². The zero-order valence-electron chi connectivity index (χ0n) is 7.92. The van der Waals surface area contributed by atoms with Crippen molar-refractivity contribution < 1.29 is 19.5 Å². The Morgan fingerprint density at radius 3 is 2.50 bits per heavy atom. The first-order valence-corrected chi connectivity index (χ1v) is 4.16. The second-order valence-corrected chi connectivity index (χ2v) is 3.21. The predicted octanol–water partition coefficient (Wildman–Crippen LogP) is -1.26. The first-order chi connectivity index (χ1) is 6.43. The lowest BCUT2D eigenvalue weighted by Crippen LogP contribution is -2.31. The smallest absolute Gasteiger partial charge is 0.232 e. The van der Waals surface area contributed by atoms with Gasteiger partial charge in [-0.1, -0.05) is 0 Å². The summed E-state index contributed by atoms with van der Waals surface area (Å²) >= 11 is 0. The molecule has 76 valence electrons. The van der Waals surface area contributed by atoms with E-state index in [0.29, 0.717) is 5.70 Å². The lowest BCUT2D eigenvalue weighted by molar-refractivity contribution is -0.306. The van der Waals surface area contributed by atoms with E-state index in [1.165, 1.54) is 6.92 Å². The van der Waals surface area contributed by atoms with E-state index in [9.17, 15) is 19.5 Å². The van der Waals surface area contributed by atoms with Crippen LogP contribution >= 0.6 is 0 Å². The largest absolute Gasteiger partial charge is 0.550 e. The molecule has 0 fully saturated rings. The summed E-state index contributed by atoms with van der Waals surface area (Å²) in [5.41, 5.74) is 0.688. The Kier molecular flexibility index (Phi) is 2.69. The van der Waals surface area contributed by atoms with Crippen molar-refractivity contribution in [2.24, 2.45) is 5.92 Å². The van der Waals surface area contributed by atoms with Crippen LogP contribution < -0.4 is 10.4 Å². The van der Waals surface area contributed by atoms with Crippen LogP contribution in [0.25, 0.3) is 0 Å². The summed E-state index contributed by atoms with van der Waals surface area (Å²) in [4.78, 5) is 32.7. The van der Waals surface area contributed by atoms with Crippen molar-refractivity contribution in [1.82, 2.24) is 5.32 Å². The van der Waals surface area contributed by atoms with Gasteiger partial charge in [0.2, 0.25) is 5.91 Å². The normalized spacial score (nSPS) is 21.0. The van der Waals surface area contributed by atoms with Crippen molar-refractivity contribution in [1.29, 1.82) is 0 Å². The second kappa shape index (κ2) is 3.61. The molecular weight excluding hydrogens is 186 g/mol. The molecule has 1 atom stereocenters. The van der Waals surface area contributed by atoms with Gasteiger partial charge in [0.05, 0.1) is 5.92 Å². The lowest BCUT2D eigenvalue weighted by atomic mass is 9.94. The number of carbonyl (C=O) groups excluding carboxylic acids is 3. The summed E-state index contributed by atoms with van der Waals surface area (Å²) in [7, 11) is 0. The number of amides is 1. The van der Waals surface area contributed by atoms with Gasteiger partial charge < -0.3 is 15.2 Å². The number of nitrogens with one attached hydrogen (secondary N) is 1. The predicted molar refractivity (Wildman–Crippen MR) is 44.6 cm³/mol. The summed E-state index contributed by atoms with van der Waals surface area (Å²) in [5.74, 6) is -2.96. The zero-order valence-corrected chi connectivity index (χ0v) is 7.92. The Balaban J connectivity index is 2.97. The maximum atomic E-state index is 11.2. The summed E-state index contributed by atoms with van der Waals surface area (Å²) in [6, 6.07) is 0. The highest BCUT2D eigenvalue weighted by atomic mass is 16.4. The van der Waals surface area contributed by atoms with Crippen molar-refractivity contribution in [2.75, 3.05) is 0 Å². The zero-order chi connectivity index (χ0) is 10.9. The Hall–Kier alpha value is -1.65. The number of allylic oxidation sites excluding steroid dienone is 1. The summed E-state index contributed by atoms with van der Waals surface area (Å²) in [6.07, 6.45) is -0.446. The number of aliphatic carboxylic acids is 1. The average molecular weight is 196 g/mol. The molecule has 1 aliphatic heterocycles.